The van der Waals surface area contributed by atoms with E-state index in [0.29, 0.717) is 0 Å². The van der Waals surface area contributed by atoms with Gasteiger partial charge in [-0.1, -0.05) is 48.5 Å². The Hall–Kier alpha value is -2.28. The molecule has 0 saturated heterocycles. The predicted octanol–water partition coefficient (Wildman–Crippen LogP) is 4.63. The van der Waals surface area contributed by atoms with Crippen molar-refractivity contribution in [2.45, 2.75) is 0 Å². The van der Waals surface area contributed by atoms with Gasteiger partial charge in [0.25, 0.3) is 0 Å². The Labute approximate surface area is 105 Å². The first-order valence-corrected chi connectivity index (χ1v) is 6.23. The highest BCUT2D eigenvalue weighted by Crippen LogP contribution is 2.38. The summed E-state index contributed by atoms with van der Waals surface area (Å²) in [4.78, 5) is 0. The summed E-state index contributed by atoms with van der Waals surface area (Å²) in [5, 5.41) is 11.3. The molecule has 4 aromatic carbocycles. The van der Waals surface area contributed by atoms with Crippen LogP contribution in [0.1, 0.15) is 0 Å². The highest BCUT2D eigenvalue weighted by Gasteiger charge is 2.10. The van der Waals surface area contributed by atoms with Crippen LogP contribution in [-0.4, -0.2) is 7.05 Å². The molecule has 4 aromatic rings. The first-order chi connectivity index (χ1) is 8.88. The highest BCUT2D eigenvalue weighted by molar-refractivity contribution is 6.25. The van der Waals surface area contributed by atoms with E-state index in [0.717, 1.165) is 0 Å². The van der Waals surface area contributed by atoms with Crippen LogP contribution in [0.4, 0.5) is 5.69 Å². The van der Waals surface area contributed by atoms with E-state index in [1.807, 2.05) is 7.05 Å². The van der Waals surface area contributed by atoms with Crippen LogP contribution in [0.5, 0.6) is 0 Å². The molecule has 0 heterocycles. The molecule has 86 valence electrons. The number of benzene rings is 4. The van der Waals surface area contributed by atoms with Gasteiger partial charge in [0, 0.05) is 18.1 Å². The summed E-state index contributed by atoms with van der Waals surface area (Å²) in [6, 6.07) is 19.7. The van der Waals surface area contributed by atoms with Crippen molar-refractivity contribution in [3.8, 4) is 0 Å². The maximum absolute atomic E-state index is 3.31. The molecule has 1 N–H and O–H groups in total. The molecule has 0 amide bonds. The van der Waals surface area contributed by atoms with Gasteiger partial charge >= 0.3 is 0 Å². The molecule has 0 aliphatic rings. The number of rotatable bonds is 1. The van der Waals surface area contributed by atoms with Crippen molar-refractivity contribution >= 4 is 38.0 Å². The summed E-state index contributed by atoms with van der Waals surface area (Å²) in [6.07, 6.45) is 0. The van der Waals surface area contributed by atoms with Gasteiger partial charge in [-0.05, 0) is 33.0 Å². The molecule has 0 atom stereocenters. The van der Waals surface area contributed by atoms with Crippen molar-refractivity contribution in [1.29, 1.82) is 0 Å². The van der Waals surface area contributed by atoms with Gasteiger partial charge in [-0.3, -0.25) is 0 Å². The smallest absolute Gasteiger partial charge is 0.0423 e. The number of anilines is 1. The summed E-state index contributed by atoms with van der Waals surface area (Å²) in [5.41, 5.74) is 1.20. The number of hydrogen-bond acceptors (Lipinski definition) is 1. The van der Waals surface area contributed by atoms with E-state index in [1.165, 1.54) is 38.0 Å². The van der Waals surface area contributed by atoms with E-state index < -0.39 is 0 Å². The van der Waals surface area contributed by atoms with Crippen LogP contribution in [0.2, 0.25) is 0 Å². The van der Waals surface area contributed by atoms with Gasteiger partial charge in [0.2, 0.25) is 0 Å². The van der Waals surface area contributed by atoms with Crippen LogP contribution >= 0.6 is 0 Å². The maximum Gasteiger partial charge on any atom is 0.0423 e. The first kappa shape index (κ1) is 9.72. The maximum atomic E-state index is 3.31. The van der Waals surface area contributed by atoms with Gasteiger partial charge in [-0.25, -0.2) is 0 Å². The summed E-state index contributed by atoms with van der Waals surface area (Å²) in [5.74, 6) is 0. The first-order valence-electron chi connectivity index (χ1n) is 6.23. The minimum Gasteiger partial charge on any atom is -0.388 e. The van der Waals surface area contributed by atoms with Crippen LogP contribution in [0, 0.1) is 0 Å². The van der Waals surface area contributed by atoms with E-state index in [9.17, 15) is 0 Å². The lowest BCUT2D eigenvalue weighted by molar-refractivity contribution is 1.56. The van der Waals surface area contributed by atoms with Crippen molar-refractivity contribution in [2.75, 3.05) is 12.4 Å². The van der Waals surface area contributed by atoms with Crippen molar-refractivity contribution in [3.05, 3.63) is 54.6 Å². The van der Waals surface area contributed by atoms with E-state index >= 15 is 0 Å². The second-order valence-corrected chi connectivity index (χ2v) is 4.72. The Kier molecular flexibility index (Phi) is 1.81. The average Bonchev–Trinajstić information content (AvgIpc) is 2.44. The average molecular weight is 231 g/mol. The van der Waals surface area contributed by atoms with Crippen molar-refractivity contribution in [3.63, 3.8) is 0 Å². The zero-order valence-electron chi connectivity index (χ0n) is 10.2. The third-order valence-corrected chi connectivity index (χ3v) is 3.78. The Morgan fingerprint density at radius 1 is 0.722 bits per heavy atom. The molecule has 0 spiro atoms. The lowest BCUT2D eigenvalue weighted by Gasteiger charge is -2.14. The molecule has 0 unspecified atom stereocenters. The molecule has 18 heavy (non-hydrogen) atoms. The summed E-state index contributed by atoms with van der Waals surface area (Å²) in [6.45, 7) is 0. The highest BCUT2D eigenvalue weighted by atomic mass is 14.8. The molecule has 0 aromatic heterocycles. The Bertz CT molecular complexity index is 861. The molecule has 1 heteroatoms. The second kappa shape index (κ2) is 3.36. The minimum atomic E-state index is 1.20. The molecule has 0 aliphatic heterocycles. The quantitative estimate of drug-likeness (QED) is 0.471. The second-order valence-electron chi connectivity index (χ2n) is 4.72. The zero-order valence-corrected chi connectivity index (χ0v) is 10.2. The van der Waals surface area contributed by atoms with Crippen LogP contribution in [0.15, 0.2) is 54.6 Å². The van der Waals surface area contributed by atoms with Gasteiger partial charge in [0.15, 0.2) is 0 Å². The van der Waals surface area contributed by atoms with E-state index in [4.69, 9.17) is 0 Å². The Morgan fingerprint density at radius 3 is 2.17 bits per heavy atom. The molecule has 0 bridgehead atoms. The van der Waals surface area contributed by atoms with E-state index in [2.05, 4.69) is 59.9 Å². The largest absolute Gasteiger partial charge is 0.388 e. The molecule has 0 saturated carbocycles. The molecular formula is C17H13N. The van der Waals surface area contributed by atoms with Crippen LogP contribution in [0.3, 0.4) is 0 Å². The van der Waals surface area contributed by atoms with Crippen LogP contribution in [0.25, 0.3) is 32.3 Å². The summed E-state index contributed by atoms with van der Waals surface area (Å²) >= 11 is 0. The van der Waals surface area contributed by atoms with Gasteiger partial charge in [-0.15, -0.1) is 0 Å². The topological polar surface area (TPSA) is 12.0 Å². The van der Waals surface area contributed by atoms with Gasteiger partial charge in [0.1, 0.15) is 0 Å². The van der Waals surface area contributed by atoms with Gasteiger partial charge < -0.3 is 5.32 Å². The van der Waals surface area contributed by atoms with Crippen molar-refractivity contribution in [1.82, 2.24) is 0 Å². The lowest BCUT2D eigenvalue weighted by atomic mass is 9.93. The zero-order chi connectivity index (χ0) is 12.1. The fraction of sp³-hybridized carbons (Fsp3) is 0.0588. The summed E-state index contributed by atoms with van der Waals surface area (Å²) in [7, 11) is 1.98. The SMILES string of the molecule is CNc1cc2cccc3ccc4cccc1c4c32. The Morgan fingerprint density at radius 2 is 1.39 bits per heavy atom. The molecule has 0 radical (unpaired) electrons. The molecular weight excluding hydrogens is 218 g/mol. The molecule has 4 rings (SSSR count). The standard InChI is InChI=1S/C17H13N/c1-18-15-10-13-6-2-4-11-8-9-12-5-3-7-14(15)17(12)16(11)13/h2-10,18H,1H3. The summed E-state index contributed by atoms with van der Waals surface area (Å²) < 4.78 is 0. The van der Waals surface area contributed by atoms with Crippen molar-refractivity contribution < 1.29 is 0 Å². The number of hydrogen-bond donors (Lipinski definition) is 1. The monoisotopic (exact) mass is 231 g/mol. The van der Waals surface area contributed by atoms with E-state index in [-0.39, 0.29) is 0 Å². The third-order valence-electron chi connectivity index (χ3n) is 3.78. The fourth-order valence-electron chi connectivity index (χ4n) is 2.97. The lowest BCUT2D eigenvalue weighted by Crippen LogP contribution is -1.92. The number of nitrogens with one attached hydrogen (secondary N) is 1. The van der Waals surface area contributed by atoms with E-state index in [1.54, 1.807) is 0 Å². The van der Waals surface area contributed by atoms with Gasteiger partial charge in [0.05, 0.1) is 0 Å². The molecule has 0 fully saturated rings. The predicted molar refractivity (Wildman–Crippen MR) is 79.7 cm³/mol. The van der Waals surface area contributed by atoms with Crippen LogP contribution < -0.4 is 5.32 Å². The van der Waals surface area contributed by atoms with Crippen LogP contribution in [-0.2, 0) is 0 Å². The fourth-order valence-corrected chi connectivity index (χ4v) is 2.97. The normalized spacial score (nSPS) is 11.6. The van der Waals surface area contributed by atoms with Crippen molar-refractivity contribution in [2.24, 2.45) is 0 Å². The van der Waals surface area contributed by atoms with Gasteiger partial charge in [-0.2, -0.15) is 0 Å². The molecule has 1 nitrogen and oxygen atoms in total. The Balaban J connectivity index is 2.43. The molecule has 0 aliphatic carbocycles. The third kappa shape index (κ3) is 1.11. The minimum absolute atomic E-state index is 1.20.